The molecule has 0 atom stereocenters. The van der Waals surface area contributed by atoms with Gasteiger partial charge in [-0.1, -0.05) is 12.1 Å². The Morgan fingerprint density at radius 1 is 1.11 bits per heavy atom. The number of imide groups is 1. The van der Waals surface area contributed by atoms with Crippen LogP contribution in [0, 0.1) is 0 Å². The number of hydrogen-bond donors (Lipinski definition) is 0. The number of hydrogen-bond acceptors (Lipinski definition) is 7. The summed E-state index contributed by atoms with van der Waals surface area (Å²) < 4.78 is 5.51. The van der Waals surface area contributed by atoms with Crippen LogP contribution in [-0.2, 0) is 27.4 Å². The topological polar surface area (TPSA) is 95.9 Å². The molecular formula is C25H35N5O4S. The van der Waals surface area contributed by atoms with Gasteiger partial charge in [-0.2, -0.15) is 13.5 Å². The molecule has 190 valence electrons. The van der Waals surface area contributed by atoms with Crippen LogP contribution >= 0.6 is 13.5 Å². The van der Waals surface area contributed by atoms with Crippen molar-refractivity contribution in [2.45, 2.75) is 57.8 Å². The molecule has 0 spiro atoms. The standard InChI is InChI=1S/C25H33N5O4.H2S/c1-24(2,3)34-23(33)29-14-10-25(11-15-29,28(4)17-20-8-7-12-26-16-20)22(32)30(19-31)18-21-9-5-6-13-27-21;/h5-9,12-13,16,19H,10-11,14-15,17-18H2,1-4H3;1H2. The van der Waals surface area contributed by atoms with Crippen molar-refractivity contribution in [3.8, 4) is 0 Å². The lowest BCUT2D eigenvalue weighted by Crippen LogP contribution is -2.63. The molecule has 1 saturated heterocycles. The predicted molar refractivity (Wildman–Crippen MR) is 137 cm³/mol. The van der Waals surface area contributed by atoms with Gasteiger partial charge in [-0.3, -0.25) is 29.4 Å². The summed E-state index contributed by atoms with van der Waals surface area (Å²) in [6, 6.07) is 9.18. The van der Waals surface area contributed by atoms with Gasteiger partial charge in [0, 0.05) is 38.2 Å². The van der Waals surface area contributed by atoms with Gasteiger partial charge in [-0.25, -0.2) is 4.79 Å². The highest BCUT2D eigenvalue weighted by Crippen LogP contribution is 2.32. The average Bonchev–Trinajstić information content (AvgIpc) is 2.82. The van der Waals surface area contributed by atoms with Crippen LogP contribution in [0.5, 0.6) is 0 Å². The van der Waals surface area contributed by atoms with Crippen molar-refractivity contribution in [3.63, 3.8) is 0 Å². The smallest absolute Gasteiger partial charge is 0.410 e. The molecule has 35 heavy (non-hydrogen) atoms. The summed E-state index contributed by atoms with van der Waals surface area (Å²) in [5, 5.41) is 0. The molecule has 2 aromatic heterocycles. The van der Waals surface area contributed by atoms with E-state index in [1.807, 2.05) is 50.9 Å². The first-order valence-electron chi connectivity index (χ1n) is 11.4. The Bertz CT molecular complexity index is 976. The molecule has 0 radical (unpaired) electrons. The molecule has 0 unspecified atom stereocenters. The van der Waals surface area contributed by atoms with E-state index in [9.17, 15) is 14.4 Å². The van der Waals surface area contributed by atoms with Gasteiger partial charge in [0.15, 0.2) is 0 Å². The van der Waals surface area contributed by atoms with Gasteiger partial charge in [-0.05, 0) is 64.4 Å². The Labute approximate surface area is 213 Å². The van der Waals surface area contributed by atoms with Crippen LogP contribution in [0.1, 0.15) is 44.9 Å². The Balaban J connectivity index is 0.00000432. The molecule has 3 amide bonds. The highest BCUT2D eigenvalue weighted by Gasteiger charge is 2.48. The third-order valence-corrected chi connectivity index (χ3v) is 5.96. The van der Waals surface area contributed by atoms with Crippen molar-refractivity contribution in [1.29, 1.82) is 0 Å². The minimum atomic E-state index is -0.968. The third-order valence-electron chi connectivity index (χ3n) is 5.96. The van der Waals surface area contributed by atoms with E-state index in [4.69, 9.17) is 4.74 Å². The van der Waals surface area contributed by atoms with Gasteiger partial charge in [-0.15, -0.1) is 0 Å². The van der Waals surface area contributed by atoms with Crippen molar-refractivity contribution in [1.82, 2.24) is 24.7 Å². The van der Waals surface area contributed by atoms with Crippen molar-refractivity contribution in [2.75, 3.05) is 20.1 Å². The van der Waals surface area contributed by atoms with Gasteiger partial charge in [0.1, 0.15) is 11.1 Å². The molecule has 3 heterocycles. The molecule has 0 saturated carbocycles. The molecule has 0 N–H and O–H groups in total. The predicted octanol–water partition coefficient (Wildman–Crippen LogP) is 2.98. The van der Waals surface area contributed by atoms with Crippen molar-refractivity contribution >= 4 is 31.9 Å². The van der Waals surface area contributed by atoms with E-state index in [0.29, 0.717) is 44.6 Å². The number of pyridine rings is 2. The third kappa shape index (κ3) is 7.25. The summed E-state index contributed by atoms with van der Waals surface area (Å²) in [6.45, 7) is 6.71. The average molecular weight is 502 g/mol. The van der Waals surface area contributed by atoms with Gasteiger partial charge in [0.05, 0.1) is 12.2 Å². The molecule has 0 bridgehead atoms. The monoisotopic (exact) mass is 501 g/mol. The number of carbonyl (C=O) groups is 3. The van der Waals surface area contributed by atoms with Crippen LogP contribution in [0.15, 0.2) is 48.9 Å². The maximum atomic E-state index is 13.9. The van der Waals surface area contributed by atoms with Crippen molar-refractivity contribution in [2.24, 2.45) is 0 Å². The van der Waals surface area contributed by atoms with E-state index in [1.54, 1.807) is 35.6 Å². The van der Waals surface area contributed by atoms with Crippen LogP contribution in [0.2, 0.25) is 0 Å². The molecule has 10 heteroatoms. The molecule has 9 nitrogen and oxygen atoms in total. The lowest BCUT2D eigenvalue weighted by Gasteiger charge is -2.47. The van der Waals surface area contributed by atoms with E-state index in [1.165, 1.54) is 4.90 Å². The number of rotatable bonds is 7. The first-order chi connectivity index (χ1) is 16.1. The Kier molecular flexibility index (Phi) is 9.79. The van der Waals surface area contributed by atoms with E-state index >= 15 is 0 Å². The molecular weight excluding hydrogens is 466 g/mol. The van der Waals surface area contributed by atoms with E-state index in [0.717, 1.165) is 5.56 Å². The summed E-state index contributed by atoms with van der Waals surface area (Å²) in [5.41, 5.74) is 0.00730. The normalized spacial score (nSPS) is 15.2. The molecule has 0 aliphatic carbocycles. The lowest BCUT2D eigenvalue weighted by atomic mass is 9.84. The largest absolute Gasteiger partial charge is 0.444 e. The van der Waals surface area contributed by atoms with Crippen LogP contribution in [0.25, 0.3) is 0 Å². The second kappa shape index (κ2) is 12.1. The minimum Gasteiger partial charge on any atom is -0.444 e. The molecule has 1 aliphatic heterocycles. The second-order valence-corrected chi connectivity index (χ2v) is 9.58. The first kappa shape index (κ1) is 28.3. The zero-order valence-corrected chi connectivity index (χ0v) is 21.8. The number of ether oxygens (including phenoxy) is 1. The lowest BCUT2D eigenvalue weighted by molar-refractivity contribution is -0.152. The highest BCUT2D eigenvalue weighted by atomic mass is 32.1. The summed E-state index contributed by atoms with van der Waals surface area (Å²) in [4.78, 5) is 51.7. The first-order valence-corrected chi connectivity index (χ1v) is 11.4. The number of likely N-dealkylation sites (tertiary alicyclic amines) is 1. The van der Waals surface area contributed by atoms with Gasteiger partial charge >= 0.3 is 6.09 Å². The summed E-state index contributed by atoms with van der Waals surface area (Å²) >= 11 is 0. The maximum Gasteiger partial charge on any atom is 0.410 e. The van der Waals surface area contributed by atoms with Gasteiger partial charge < -0.3 is 9.64 Å². The van der Waals surface area contributed by atoms with E-state index in [-0.39, 0.29) is 25.9 Å². The zero-order chi connectivity index (χ0) is 24.8. The number of likely N-dealkylation sites (N-methyl/N-ethyl adjacent to an activating group) is 1. The van der Waals surface area contributed by atoms with Crippen molar-refractivity contribution < 1.29 is 19.1 Å². The Morgan fingerprint density at radius 2 is 1.83 bits per heavy atom. The van der Waals surface area contributed by atoms with E-state index < -0.39 is 17.2 Å². The Hall–Kier alpha value is -2.98. The number of amides is 3. The SMILES string of the molecule is CN(Cc1cccnc1)C1(C(=O)N(C=O)Cc2ccccn2)CCN(C(=O)OC(C)(C)C)CC1.S. The van der Waals surface area contributed by atoms with Gasteiger partial charge in [0.2, 0.25) is 12.3 Å². The summed E-state index contributed by atoms with van der Waals surface area (Å²) in [7, 11) is 1.87. The summed E-state index contributed by atoms with van der Waals surface area (Å²) in [6.07, 6.45) is 6.00. The summed E-state index contributed by atoms with van der Waals surface area (Å²) in [5.74, 6) is -0.302. The number of aromatic nitrogens is 2. The highest BCUT2D eigenvalue weighted by molar-refractivity contribution is 7.59. The fourth-order valence-electron chi connectivity index (χ4n) is 4.15. The van der Waals surface area contributed by atoms with Gasteiger partial charge in [0.25, 0.3) is 0 Å². The number of nitrogens with zero attached hydrogens (tertiary/aromatic N) is 5. The van der Waals surface area contributed by atoms with Crippen LogP contribution < -0.4 is 0 Å². The number of carbonyl (C=O) groups excluding carboxylic acids is 3. The Morgan fingerprint density at radius 3 is 2.37 bits per heavy atom. The molecule has 3 rings (SSSR count). The number of piperidine rings is 1. The second-order valence-electron chi connectivity index (χ2n) is 9.58. The van der Waals surface area contributed by atoms with Crippen molar-refractivity contribution in [3.05, 3.63) is 60.2 Å². The van der Waals surface area contributed by atoms with Crippen LogP contribution in [0.4, 0.5) is 4.79 Å². The minimum absolute atomic E-state index is 0. The fraction of sp³-hybridized carbons (Fsp3) is 0.480. The quantitative estimate of drug-likeness (QED) is 0.538. The molecule has 2 aromatic rings. The maximum absolute atomic E-state index is 13.9. The molecule has 1 aliphatic rings. The van der Waals surface area contributed by atoms with Crippen LogP contribution in [0.3, 0.4) is 0 Å². The molecule has 1 fully saturated rings. The van der Waals surface area contributed by atoms with Crippen LogP contribution in [-0.4, -0.2) is 74.4 Å². The molecule has 0 aromatic carbocycles. The van der Waals surface area contributed by atoms with E-state index in [2.05, 4.69) is 9.97 Å². The zero-order valence-electron chi connectivity index (χ0n) is 20.8. The fourth-order valence-corrected chi connectivity index (χ4v) is 4.15.